The molecule has 0 aliphatic heterocycles. The first-order valence-electron chi connectivity index (χ1n) is 2.18. The van der Waals surface area contributed by atoms with E-state index in [1.165, 1.54) is 11.3 Å². The van der Waals surface area contributed by atoms with Crippen LogP contribution in [0.15, 0.2) is 0 Å². The van der Waals surface area contributed by atoms with Crippen LogP contribution in [0.4, 0.5) is 0 Å². The quantitative estimate of drug-likeness (QED) is 0.596. The largest absolute Gasteiger partial charge is 0.386 e. The molecule has 3 nitrogen and oxygen atoms in total. The first-order valence-corrected chi connectivity index (χ1v) is 3.00. The summed E-state index contributed by atoms with van der Waals surface area (Å²) in [6.45, 7) is 1.65. The molecule has 1 aromatic rings. The minimum absolute atomic E-state index is 0.501. The van der Waals surface area contributed by atoms with Gasteiger partial charge in [0.25, 0.3) is 0 Å². The third-order valence-corrected chi connectivity index (χ3v) is 1.50. The van der Waals surface area contributed by atoms with Gasteiger partial charge < -0.3 is 5.11 Å². The average Bonchev–Trinajstić information content (AvgIpc) is 2.12. The summed E-state index contributed by atoms with van der Waals surface area (Å²) >= 11 is 1.23. The zero-order valence-corrected chi connectivity index (χ0v) is 5.14. The van der Waals surface area contributed by atoms with Crippen molar-refractivity contribution in [2.45, 2.75) is 13.0 Å². The summed E-state index contributed by atoms with van der Waals surface area (Å²) in [4.78, 5) is 0. The molecule has 0 saturated heterocycles. The molecule has 43 valence electrons. The van der Waals surface area contributed by atoms with E-state index in [1.807, 2.05) is 0 Å². The van der Waals surface area contributed by atoms with Crippen molar-refractivity contribution in [3.05, 3.63) is 10.5 Å². The number of hydrogen-bond acceptors (Lipinski definition) is 4. The van der Waals surface area contributed by atoms with E-state index >= 15 is 0 Å². The van der Waals surface area contributed by atoms with E-state index in [1.54, 1.807) is 6.92 Å². The van der Waals surface area contributed by atoms with E-state index in [-0.39, 0.29) is 0 Å². The van der Waals surface area contributed by atoms with Crippen molar-refractivity contribution in [3.8, 4) is 0 Å². The maximum atomic E-state index is 8.80. The normalized spacial score (nSPS) is 13.8. The van der Waals surface area contributed by atoms with Crippen molar-refractivity contribution in [2.75, 3.05) is 0 Å². The molecule has 1 atom stereocenters. The molecule has 4 heteroatoms. The lowest BCUT2D eigenvalue weighted by Gasteiger charge is -1.91. The van der Waals surface area contributed by atoms with Crippen molar-refractivity contribution < 1.29 is 5.11 Å². The van der Waals surface area contributed by atoms with Gasteiger partial charge in [0.15, 0.2) is 5.51 Å². The highest BCUT2D eigenvalue weighted by Crippen LogP contribution is 2.10. The highest BCUT2D eigenvalue weighted by molar-refractivity contribution is 7.08. The highest BCUT2D eigenvalue weighted by Gasteiger charge is 2.01. The lowest BCUT2D eigenvalue weighted by Crippen LogP contribution is -1.87. The lowest BCUT2D eigenvalue weighted by atomic mass is 10.4. The Kier molecular flexibility index (Phi) is 1.55. The summed E-state index contributed by atoms with van der Waals surface area (Å²) in [6, 6.07) is 0. The minimum atomic E-state index is -0.501. The number of hydrogen-bond donors (Lipinski definition) is 1. The molecule has 1 radical (unpaired) electrons. The van der Waals surface area contributed by atoms with Crippen LogP contribution in [-0.4, -0.2) is 15.3 Å². The van der Waals surface area contributed by atoms with E-state index in [2.05, 4.69) is 15.7 Å². The summed E-state index contributed by atoms with van der Waals surface area (Å²) < 4.78 is 0. The first kappa shape index (κ1) is 5.65. The standard InChI is InChI=1S/C4H5N2OS/c1-3(7)4-6-5-2-8-4/h3,7H,1H3. The van der Waals surface area contributed by atoms with Crippen LogP contribution >= 0.6 is 11.3 Å². The second kappa shape index (κ2) is 2.19. The second-order valence-corrected chi connectivity index (χ2v) is 2.21. The van der Waals surface area contributed by atoms with E-state index in [9.17, 15) is 0 Å². The van der Waals surface area contributed by atoms with Crippen molar-refractivity contribution in [3.63, 3.8) is 0 Å². The number of aliphatic hydroxyl groups is 1. The number of aromatic nitrogens is 2. The molecule has 0 amide bonds. The van der Waals surface area contributed by atoms with Crippen LogP contribution < -0.4 is 0 Å². The monoisotopic (exact) mass is 129 g/mol. The van der Waals surface area contributed by atoms with Crippen molar-refractivity contribution in [1.82, 2.24) is 10.2 Å². The van der Waals surface area contributed by atoms with Gasteiger partial charge in [0, 0.05) is 0 Å². The summed E-state index contributed by atoms with van der Waals surface area (Å²) in [5.74, 6) is 0. The van der Waals surface area contributed by atoms with Gasteiger partial charge in [-0.3, -0.25) is 0 Å². The number of nitrogens with zero attached hydrogens (tertiary/aromatic N) is 2. The van der Waals surface area contributed by atoms with E-state index in [0.717, 1.165) is 0 Å². The Bertz CT molecular complexity index is 149. The fourth-order valence-corrected chi connectivity index (χ4v) is 0.753. The van der Waals surface area contributed by atoms with Crippen LogP contribution in [-0.2, 0) is 0 Å². The summed E-state index contributed by atoms with van der Waals surface area (Å²) in [7, 11) is 0. The van der Waals surface area contributed by atoms with Crippen LogP contribution in [0, 0.1) is 5.51 Å². The molecular formula is C4H5N2OS. The topological polar surface area (TPSA) is 46.0 Å². The van der Waals surface area contributed by atoms with Gasteiger partial charge in [-0.2, -0.15) is 0 Å². The van der Waals surface area contributed by atoms with Gasteiger partial charge in [0.05, 0.1) is 0 Å². The molecule has 0 aliphatic carbocycles. The Hall–Kier alpha value is -0.480. The smallest absolute Gasteiger partial charge is 0.178 e. The molecule has 0 aromatic carbocycles. The summed E-state index contributed by atoms with van der Waals surface area (Å²) in [5.41, 5.74) is 2.53. The third kappa shape index (κ3) is 1.02. The molecule has 0 aliphatic rings. The fraction of sp³-hybridized carbons (Fsp3) is 0.500. The van der Waals surface area contributed by atoms with Crippen molar-refractivity contribution >= 4 is 11.3 Å². The van der Waals surface area contributed by atoms with Gasteiger partial charge in [-0.25, -0.2) is 0 Å². The molecular weight excluding hydrogens is 124 g/mol. The summed E-state index contributed by atoms with van der Waals surface area (Å²) in [6.07, 6.45) is -0.501. The predicted molar refractivity (Wildman–Crippen MR) is 29.4 cm³/mol. The number of rotatable bonds is 1. The van der Waals surface area contributed by atoms with Gasteiger partial charge >= 0.3 is 0 Å². The molecule has 1 rings (SSSR count). The van der Waals surface area contributed by atoms with Crippen molar-refractivity contribution in [2.24, 2.45) is 0 Å². The number of aliphatic hydroxyl groups excluding tert-OH is 1. The van der Waals surface area contributed by atoms with E-state index < -0.39 is 6.10 Å². The Balaban J connectivity index is 2.77. The zero-order chi connectivity index (χ0) is 5.98. The lowest BCUT2D eigenvalue weighted by molar-refractivity contribution is 0.198. The van der Waals surface area contributed by atoms with Crippen LogP contribution in [0.2, 0.25) is 0 Å². The second-order valence-electron chi connectivity index (χ2n) is 1.41. The Morgan fingerprint density at radius 3 is 2.88 bits per heavy atom. The van der Waals surface area contributed by atoms with E-state index in [4.69, 9.17) is 5.11 Å². The Labute approximate surface area is 51.0 Å². The SMILES string of the molecule is CC(O)c1nn[c]s1. The van der Waals surface area contributed by atoms with Crippen LogP contribution in [0.5, 0.6) is 0 Å². The van der Waals surface area contributed by atoms with Gasteiger partial charge in [-0.15, -0.1) is 10.2 Å². The molecule has 0 spiro atoms. The highest BCUT2D eigenvalue weighted by atomic mass is 32.1. The van der Waals surface area contributed by atoms with Crippen LogP contribution in [0.1, 0.15) is 18.0 Å². The molecule has 1 heterocycles. The third-order valence-electron chi connectivity index (χ3n) is 0.697. The zero-order valence-electron chi connectivity index (χ0n) is 4.33. The van der Waals surface area contributed by atoms with Gasteiger partial charge in [-0.1, -0.05) is 11.3 Å². The Morgan fingerprint density at radius 2 is 2.62 bits per heavy atom. The van der Waals surface area contributed by atoms with Gasteiger partial charge in [0.1, 0.15) is 11.1 Å². The maximum absolute atomic E-state index is 8.80. The fourth-order valence-electron chi connectivity index (χ4n) is 0.326. The predicted octanol–water partition coefficient (Wildman–Crippen LogP) is 0.392. The van der Waals surface area contributed by atoms with Gasteiger partial charge in [-0.05, 0) is 6.92 Å². The van der Waals surface area contributed by atoms with Crippen molar-refractivity contribution in [1.29, 1.82) is 0 Å². The molecule has 8 heavy (non-hydrogen) atoms. The van der Waals surface area contributed by atoms with Gasteiger partial charge in [0.2, 0.25) is 0 Å². The summed E-state index contributed by atoms with van der Waals surface area (Å²) in [5, 5.41) is 16.4. The van der Waals surface area contributed by atoms with Crippen LogP contribution in [0.25, 0.3) is 0 Å². The average molecular weight is 129 g/mol. The Morgan fingerprint density at radius 1 is 1.88 bits per heavy atom. The molecule has 1 unspecified atom stereocenters. The molecule has 1 aromatic heterocycles. The molecule has 0 saturated carbocycles. The molecule has 1 N–H and O–H groups in total. The minimum Gasteiger partial charge on any atom is -0.386 e. The molecule has 0 fully saturated rings. The molecule has 0 bridgehead atoms. The van der Waals surface area contributed by atoms with Crippen LogP contribution in [0.3, 0.4) is 0 Å². The maximum Gasteiger partial charge on any atom is 0.178 e. The first-order chi connectivity index (χ1) is 3.80. The van der Waals surface area contributed by atoms with E-state index in [0.29, 0.717) is 5.01 Å².